The minimum absolute atomic E-state index is 0.0855. The molecule has 1 aromatic rings. The molecular formula is C16H23N3O. The number of nitrogens with two attached hydrogens (primary N) is 1. The van der Waals surface area contributed by atoms with Gasteiger partial charge in [0.2, 0.25) is 5.91 Å². The third-order valence-electron chi connectivity index (χ3n) is 4.79. The summed E-state index contributed by atoms with van der Waals surface area (Å²) in [6.07, 6.45) is 6.69. The number of anilines is 1. The smallest absolute Gasteiger partial charge is 0.240 e. The molecule has 1 aliphatic carbocycles. The van der Waals surface area contributed by atoms with Crippen LogP contribution in [0.3, 0.4) is 0 Å². The highest BCUT2D eigenvalue weighted by Gasteiger charge is 2.36. The molecule has 0 aromatic heterocycles. The van der Waals surface area contributed by atoms with Gasteiger partial charge in [0.15, 0.2) is 0 Å². The van der Waals surface area contributed by atoms with Crippen LogP contribution >= 0.6 is 0 Å². The third-order valence-corrected chi connectivity index (χ3v) is 4.79. The predicted octanol–water partition coefficient (Wildman–Crippen LogP) is 2.09. The molecule has 2 aliphatic rings. The Balaban J connectivity index is 1.98. The zero-order valence-corrected chi connectivity index (χ0v) is 11.9. The van der Waals surface area contributed by atoms with E-state index in [0.717, 1.165) is 25.1 Å². The van der Waals surface area contributed by atoms with Gasteiger partial charge in [-0.3, -0.25) is 15.2 Å². The number of benzene rings is 1. The van der Waals surface area contributed by atoms with Gasteiger partial charge in [-0.1, -0.05) is 37.5 Å². The molecular weight excluding hydrogens is 250 g/mol. The molecule has 0 unspecified atom stereocenters. The van der Waals surface area contributed by atoms with E-state index >= 15 is 0 Å². The van der Waals surface area contributed by atoms with Crippen LogP contribution in [0.4, 0.5) is 5.69 Å². The second-order valence-electron chi connectivity index (χ2n) is 6.00. The summed E-state index contributed by atoms with van der Waals surface area (Å²) in [5, 5.41) is 1.99. The highest BCUT2D eigenvalue weighted by Crippen LogP contribution is 2.42. The summed E-state index contributed by atoms with van der Waals surface area (Å²) < 4.78 is 0. The number of hydrogen-bond acceptors (Lipinski definition) is 3. The SMILES string of the molecule is NCC1(c2ccccc2N2CCC(=O)N2)CCCCC1. The average Bonchev–Trinajstić information content (AvgIpc) is 2.94. The van der Waals surface area contributed by atoms with Crippen LogP contribution < -0.4 is 16.2 Å². The monoisotopic (exact) mass is 273 g/mol. The van der Waals surface area contributed by atoms with Crippen LogP contribution in [0.2, 0.25) is 0 Å². The fraction of sp³-hybridized carbons (Fsp3) is 0.562. The van der Waals surface area contributed by atoms with Crippen molar-refractivity contribution in [1.29, 1.82) is 0 Å². The first kappa shape index (κ1) is 13.4. The lowest BCUT2D eigenvalue weighted by atomic mass is 9.69. The first-order chi connectivity index (χ1) is 9.75. The minimum atomic E-state index is 0.0855. The molecule has 1 amide bonds. The van der Waals surface area contributed by atoms with Crippen molar-refractivity contribution in [2.45, 2.75) is 43.9 Å². The van der Waals surface area contributed by atoms with Gasteiger partial charge in [0.05, 0.1) is 5.69 Å². The Morgan fingerprint density at radius 1 is 1.20 bits per heavy atom. The molecule has 108 valence electrons. The van der Waals surface area contributed by atoms with Crippen LogP contribution in [0.25, 0.3) is 0 Å². The predicted molar refractivity (Wildman–Crippen MR) is 80.4 cm³/mol. The van der Waals surface area contributed by atoms with Gasteiger partial charge < -0.3 is 5.73 Å². The fourth-order valence-corrected chi connectivity index (χ4v) is 3.63. The Morgan fingerprint density at radius 3 is 2.60 bits per heavy atom. The van der Waals surface area contributed by atoms with Crippen molar-refractivity contribution in [3.05, 3.63) is 29.8 Å². The molecule has 1 saturated heterocycles. The Labute approximate surface area is 120 Å². The molecule has 4 heteroatoms. The minimum Gasteiger partial charge on any atom is -0.330 e. The summed E-state index contributed by atoms with van der Waals surface area (Å²) in [4.78, 5) is 11.5. The molecule has 0 atom stereocenters. The van der Waals surface area contributed by atoms with Gasteiger partial charge in [-0.15, -0.1) is 0 Å². The number of hydrogen-bond donors (Lipinski definition) is 2. The van der Waals surface area contributed by atoms with Gasteiger partial charge in [0.1, 0.15) is 0 Å². The number of nitrogens with one attached hydrogen (secondary N) is 1. The highest BCUT2D eigenvalue weighted by molar-refractivity contribution is 5.82. The van der Waals surface area contributed by atoms with Crippen molar-refractivity contribution in [3.63, 3.8) is 0 Å². The fourth-order valence-electron chi connectivity index (χ4n) is 3.63. The Morgan fingerprint density at radius 2 is 1.95 bits per heavy atom. The first-order valence-corrected chi connectivity index (χ1v) is 7.62. The van der Waals surface area contributed by atoms with Crippen molar-refractivity contribution in [2.24, 2.45) is 5.73 Å². The number of nitrogens with zero attached hydrogens (tertiary/aromatic N) is 1. The molecule has 2 fully saturated rings. The molecule has 0 spiro atoms. The summed E-state index contributed by atoms with van der Waals surface area (Å²) >= 11 is 0. The average molecular weight is 273 g/mol. The largest absolute Gasteiger partial charge is 0.330 e. The maximum Gasteiger partial charge on any atom is 0.240 e. The lowest BCUT2D eigenvalue weighted by molar-refractivity contribution is -0.119. The first-order valence-electron chi connectivity index (χ1n) is 7.62. The lowest BCUT2D eigenvalue weighted by Crippen LogP contribution is -2.41. The van der Waals surface area contributed by atoms with Crippen LogP contribution in [-0.2, 0) is 10.2 Å². The van der Waals surface area contributed by atoms with Crippen molar-refractivity contribution in [1.82, 2.24) is 5.43 Å². The van der Waals surface area contributed by atoms with Gasteiger partial charge >= 0.3 is 0 Å². The summed E-state index contributed by atoms with van der Waals surface area (Å²) in [6, 6.07) is 8.42. The van der Waals surface area contributed by atoms with Crippen molar-refractivity contribution < 1.29 is 4.79 Å². The van der Waals surface area contributed by atoms with E-state index in [9.17, 15) is 4.79 Å². The third kappa shape index (κ3) is 2.29. The number of rotatable bonds is 3. The zero-order valence-electron chi connectivity index (χ0n) is 11.9. The Hall–Kier alpha value is -1.55. The molecule has 1 heterocycles. The summed E-state index contributed by atoms with van der Waals surface area (Å²) in [7, 11) is 0. The topological polar surface area (TPSA) is 58.4 Å². The van der Waals surface area contributed by atoms with Gasteiger partial charge in [0.25, 0.3) is 0 Å². The second-order valence-corrected chi connectivity index (χ2v) is 6.00. The van der Waals surface area contributed by atoms with Gasteiger partial charge in [0, 0.05) is 24.9 Å². The number of hydrazine groups is 1. The van der Waals surface area contributed by atoms with E-state index in [4.69, 9.17) is 5.73 Å². The number of amides is 1. The molecule has 4 nitrogen and oxygen atoms in total. The van der Waals surface area contributed by atoms with Crippen molar-refractivity contribution >= 4 is 11.6 Å². The Bertz CT molecular complexity index is 494. The molecule has 3 rings (SSSR count). The van der Waals surface area contributed by atoms with E-state index in [1.165, 1.54) is 24.8 Å². The summed E-state index contributed by atoms with van der Waals surface area (Å²) in [5.41, 5.74) is 11.6. The molecule has 1 aromatic carbocycles. The lowest BCUT2D eigenvalue weighted by Gasteiger charge is -2.39. The normalized spacial score (nSPS) is 21.9. The van der Waals surface area contributed by atoms with Crippen molar-refractivity contribution in [2.75, 3.05) is 18.1 Å². The van der Waals surface area contributed by atoms with E-state index < -0.39 is 0 Å². The number of carbonyl (C=O) groups excluding carboxylic acids is 1. The van der Waals surface area contributed by atoms with Crippen LogP contribution in [0.5, 0.6) is 0 Å². The van der Waals surface area contributed by atoms with Gasteiger partial charge in [-0.25, -0.2) is 0 Å². The van der Waals surface area contributed by atoms with Crippen LogP contribution in [0, 0.1) is 0 Å². The van der Waals surface area contributed by atoms with E-state index in [1.807, 2.05) is 11.1 Å². The second kappa shape index (κ2) is 5.44. The van der Waals surface area contributed by atoms with Crippen molar-refractivity contribution in [3.8, 4) is 0 Å². The highest BCUT2D eigenvalue weighted by atomic mass is 16.2. The van der Waals surface area contributed by atoms with Crippen LogP contribution in [-0.4, -0.2) is 19.0 Å². The quantitative estimate of drug-likeness (QED) is 0.886. The molecule has 1 aliphatic heterocycles. The molecule has 20 heavy (non-hydrogen) atoms. The summed E-state index contributed by atoms with van der Waals surface area (Å²) in [5.74, 6) is 0.102. The Kier molecular flexibility index (Phi) is 3.66. The maximum atomic E-state index is 11.5. The molecule has 3 N–H and O–H groups in total. The number of para-hydroxylation sites is 1. The van der Waals surface area contributed by atoms with E-state index in [2.05, 4.69) is 23.6 Å². The number of carbonyl (C=O) groups is 1. The van der Waals surface area contributed by atoms with Gasteiger partial charge in [-0.05, 0) is 24.5 Å². The van der Waals surface area contributed by atoms with E-state index in [-0.39, 0.29) is 11.3 Å². The molecule has 0 radical (unpaired) electrons. The van der Waals surface area contributed by atoms with Gasteiger partial charge in [-0.2, -0.15) is 0 Å². The molecule has 1 saturated carbocycles. The maximum absolute atomic E-state index is 11.5. The van der Waals surface area contributed by atoms with E-state index in [1.54, 1.807) is 0 Å². The van der Waals surface area contributed by atoms with E-state index in [0.29, 0.717) is 13.0 Å². The zero-order chi connectivity index (χ0) is 14.0. The summed E-state index contributed by atoms with van der Waals surface area (Å²) in [6.45, 7) is 1.43. The van der Waals surface area contributed by atoms with Crippen LogP contribution in [0.1, 0.15) is 44.1 Å². The standard InChI is InChI=1S/C16H23N3O/c17-12-16(9-4-1-5-10-16)13-6-2-3-7-14(13)19-11-8-15(20)18-19/h2-3,6-7H,1,4-5,8-12,17H2,(H,18,20). The molecule has 0 bridgehead atoms. The van der Waals surface area contributed by atoms with Crippen LogP contribution in [0.15, 0.2) is 24.3 Å².